The number of pyridine rings is 2. The monoisotopic (exact) mass is 691 g/mol. The summed E-state index contributed by atoms with van der Waals surface area (Å²) < 4.78 is 15.9. The molecule has 1 atom stereocenters. The maximum absolute atomic E-state index is 13.9. The molecule has 47 heavy (non-hydrogen) atoms. The maximum Gasteiger partial charge on any atom is 0.141 e. The van der Waals surface area contributed by atoms with Crippen LogP contribution in [-0.2, 0) is 0 Å². The Bertz CT molecular complexity index is 1990. The highest BCUT2D eigenvalue weighted by Gasteiger charge is 2.29. The maximum atomic E-state index is 13.9. The molecule has 0 bridgehead atoms. The van der Waals surface area contributed by atoms with Crippen molar-refractivity contribution in [3.05, 3.63) is 98.4 Å². The zero-order valence-corrected chi connectivity index (χ0v) is 28.6. The van der Waals surface area contributed by atoms with Gasteiger partial charge >= 0.3 is 0 Å². The van der Waals surface area contributed by atoms with E-state index in [1.165, 1.54) is 18.3 Å². The second-order valence-corrected chi connectivity index (χ2v) is 13.9. The average Bonchev–Trinajstić information content (AvgIpc) is 3.52. The minimum absolute atomic E-state index is 0.0464. The van der Waals surface area contributed by atoms with Crippen LogP contribution in [0, 0.1) is 24.1 Å². The van der Waals surface area contributed by atoms with Crippen LogP contribution in [0.3, 0.4) is 0 Å². The van der Waals surface area contributed by atoms with Crippen molar-refractivity contribution in [3.8, 4) is 6.07 Å². The third-order valence-electron chi connectivity index (χ3n) is 8.59. The predicted molar refractivity (Wildman–Crippen MR) is 185 cm³/mol. The van der Waals surface area contributed by atoms with E-state index in [0.717, 1.165) is 37.1 Å². The number of hydrogen-bond acceptors (Lipinski definition) is 8. The first-order chi connectivity index (χ1) is 22.4. The van der Waals surface area contributed by atoms with Gasteiger partial charge in [0.25, 0.3) is 0 Å². The van der Waals surface area contributed by atoms with Crippen LogP contribution in [0.15, 0.2) is 55.0 Å². The van der Waals surface area contributed by atoms with Crippen LogP contribution >= 0.6 is 34.8 Å². The van der Waals surface area contributed by atoms with Gasteiger partial charge in [-0.05, 0) is 82.5 Å². The molecule has 1 aliphatic rings. The third kappa shape index (κ3) is 6.99. The van der Waals surface area contributed by atoms with Gasteiger partial charge in [-0.3, -0.25) is 9.88 Å². The SMILES string of the molecule is Cc1cc(Cl)ncc1[C@H](Nc1cc(Cl)c2ncc(C#N)c(Nc3ccc(F)c(Cl)c3)c2c1)c1cn(C2CCN(C(C)(C)C)CC2)nn1. The van der Waals surface area contributed by atoms with Gasteiger partial charge in [-0.15, -0.1) is 5.10 Å². The number of piperidine rings is 1. The molecule has 5 aromatic rings. The number of nitrogens with one attached hydrogen (secondary N) is 2. The lowest BCUT2D eigenvalue weighted by molar-refractivity contribution is 0.0866. The van der Waals surface area contributed by atoms with Crippen molar-refractivity contribution in [1.29, 1.82) is 5.26 Å². The highest BCUT2D eigenvalue weighted by Crippen LogP contribution is 2.38. The summed E-state index contributed by atoms with van der Waals surface area (Å²) in [6.45, 7) is 10.7. The van der Waals surface area contributed by atoms with E-state index in [1.807, 2.05) is 29.9 Å². The quantitative estimate of drug-likeness (QED) is 0.163. The van der Waals surface area contributed by atoms with E-state index < -0.39 is 11.9 Å². The summed E-state index contributed by atoms with van der Waals surface area (Å²) in [5, 5.41) is 27.3. The normalized spacial score (nSPS) is 15.0. The van der Waals surface area contributed by atoms with E-state index in [1.54, 1.807) is 18.3 Å². The molecule has 1 saturated heterocycles. The Morgan fingerprint density at radius 2 is 1.74 bits per heavy atom. The Morgan fingerprint density at radius 3 is 2.43 bits per heavy atom. The second kappa shape index (κ2) is 13.2. The number of hydrogen-bond donors (Lipinski definition) is 2. The summed E-state index contributed by atoms with van der Waals surface area (Å²) >= 11 is 19.1. The minimum Gasteiger partial charge on any atom is -0.373 e. The molecule has 1 aliphatic heterocycles. The molecule has 0 unspecified atom stereocenters. The number of fused-ring (bicyclic) bond motifs is 1. The first-order valence-corrected chi connectivity index (χ1v) is 16.3. The smallest absolute Gasteiger partial charge is 0.141 e. The lowest BCUT2D eigenvalue weighted by atomic mass is 9.98. The van der Waals surface area contributed by atoms with Crippen molar-refractivity contribution in [2.24, 2.45) is 0 Å². The molecule has 2 aromatic carbocycles. The topological polar surface area (TPSA) is 108 Å². The molecule has 0 saturated carbocycles. The number of nitrogens with zero attached hydrogens (tertiary/aromatic N) is 7. The molecule has 0 spiro atoms. The Balaban J connectivity index is 1.38. The number of aryl methyl sites for hydroxylation is 1. The zero-order chi connectivity index (χ0) is 33.5. The molecular formula is C34H33Cl3FN9. The van der Waals surface area contributed by atoms with Crippen LogP contribution in [-0.4, -0.2) is 48.5 Å². The minimum atomic E-state index is -0.544. The summed E-state index contributed by atoms with van der Waals surface area (Å²) in [6, 6.07) is 11.7. The molecule has 0 aliphatic carbocycles. The van der Waals surface area contributed by atoms with Gasteiger partial charge in [0.1, 0.15) is 22.7 Å². The fraction of sp³-hybridized carbons (Fsp3) is 0.324. The van der Waals surface area contributed by atoms with Crippen molar-refractivity contribution in [3.63, 3.8) is 0 Å². The van der Waals surface area contributed by atoms with E-state index in [0.29, 0.717) is 43.8 Å². The van der Waals surface area contributed by atoms with E-state index in [2.05, 4.69) is 62.7 Å². The molecule has 9 nitrogen and oxygen atoms in total. The molecule has 13 heteroatoms. The fourth-order valence-electron chi connectivity index (χ4n) is 6.00. The predicted octanol–water partition coefficient (Wildman–Crippen LogP) is 8.88. The molecule has 3 aromatic heterocycles. The summed E-state index contributed by atoms with van der Waals surface area (Å²) in [5.74, 6) is -0.544. The molecular weight excluding hydrogens is 660 g/mol. The highest BCUT2D eigenvalue weighted by molar-refractivity contribution is 6.36. The number of likely N-dealkylation sites (tertiary alicyclic amines) is 1. The fourth-order valence-corrected chi connectivity index (χ4v) is 6.66. The molecule has 2 N–H and O–H groups in total. The molecule has 0 amide bonds. The van der Waals surface area contributed by atoms with E-state index >= 15 is 0 Å². The van der Waals surface area contributed by atoms with Crippen LogP contribution in [0.5, 0.6) is 0 Å². The zero-order valence-electron chi connectivity index (χ0n) is 26.3. The van der Waals surface area contributed by atoms with Crippen LogP contribution in [0.1, 0.15) is 68.1 Å². The molecule has 242 valence electrons. The summed E-state index contributed by atoms with van der Waals surface area (Å²) in [6.07, 6.45) is 7.13. The van der Waals surface area contributed by atoms with E-state index in [9.17, 15) is 9.65 Å². The Kier molecular flexibility index (Phi) is 9.27. The van der Waals surface area contributed by atoms with Crippen molar-refractivity contribution in [2.45, 2.75) is 58.2 Å². The van der Waals surface area contributed by atoms with Crippen molar-refractivity contribution in [1.82, 2.24) is 29.9 Å². The van der Waals surface area contributed by atoms with Gasteiger partial charge in [-0.25, -0.2) is 14.1 Å². The van der Waals surface area contributed by atoms with Gasteiger partial charge < -0.3 is 10.6 Å². The number of rotatable bonds is 7. The number of anilines is 3. The summed E-state index contributed by atoms with van der Waals surface area (Å²) in [7, 11) is 0. The van der Waals surface area contributed by atoms with Gasteiger partial charge in [0.15, 0.2) is 0 Å². The molecule has 1 fully saturated rings. The standard InChI is InChI=1S/C34H33Cl3FN9/c1-19-11-30(37)40-17-25(19)33(29-18-47(45-44-29)23-7-9-46(10-8-23)34(2,3)4)43-22-12-24-31(42-21-5-6-28(38)26(35)13-21)20(15-39)16-41-32(24)27(36)14-22/h5-6,11-14,16-18,23,33,43H,7-10H2,1-4H3,(H,41,42)/t33-/m0/s1. The van der Waals surface area contributed by atoms with E-state index in [-0.39, 0.29) is 22.2 Å². The lowest BCUT2D eigenvalue weighted by Gasteiger charge is -2.40. The van der Waals surface area contributed by atoms with Gasteiger partial charge in [-0.2, -0.15) is 5.26 Å². The first-order valence-electron chi connectivity index (χ1n) is 15.2. The van der Waals surface area contributed by atoms with Crippen molar-refractivity contribution >= 4 is 62.8 Å². The summed E-state index contributed by atoms with van der Waals surface area (Å²) in [4.78, 5) is 11.3. The van der Waals surface area contributed by atoms with E-state index in [4.69, 9.17) is 34.8 Å². The number of aromatic nitrogens is 5. The highest BCUT2D eigenvalue weighted by atomic mass is 35.5. The lowest BCUT2D eigenvalue weighted by Crippen LogP contribution is -2.46. The molecule has 6 rings (SSSR count). The largest absolute Gasteiger partial charge is 0.373 e. The number of halogens is 4. The Morgan fingerprint density at radius 1 is 1.00 bits per heavy atom. The Labute approximate surface area is 287 Å². The molecule has 4 heterocycles. The third-order valence-corrected chi connectivity index (χ3v) is 9.37. The number of benzene rings is 2. The van der Waals surface area contributed by atoms with Gasteiger partial charge in [0, 0.05) is 53.3 Å². The summed E-state index contributed by atoms with van der Waals surface area (Å²) in [5.41, 5.74) is 4.98. The first kappa shape index (κ1) is 32.9. The molecule has 0 radical (unpaired) electrons. The van der Waals surface area contributed by atoms with Crippen LogP contribution in [0.4, 0.5) is 21.5 Å². The van der Waals surface area contributed by atoms with Gasteiger partial charge in [-0.1, -0.05) is 40.0 Å². The Hall–Kier alpha value is -4.01. The average molecular weight is 693 g/mol. The van der Waals surface area contributed by atoms with Crippen LogP contribution in [0.2, 0.25) is 15.2 Å². The second-order valence-electron chi connectivity index (χ2n) is 12.7. The van der Waals surface area contributed by atoms with Crippen molar-refractivity contribution in [2.75, 3.05) is 23.7 Å². The van der Waals surface area contributed by atoms with Crippen molar-refractivity contribution < 1.29 is 4.39 Å². The van der Waals surface area contributed by atoms with Gasteiger partial charge in [0.2, 0.25) is 0 Å². The van der Waals surface area contributed by atoms with Crippen LogP contribution in [0.25, 0.3) is 10.9 Å². The van der Waals surface area contributed by atoms with Gasteiger partial charge in [0.05, 0.1) is 45.1 Å². The number of nitriles is 1. The van der Waals surface area contributed by atoms with Crippen LogP contribution < -0.4 is 10.6 Å².